The van der Waals surface area contributed by atoms with Gasteiger partial charge in [-0.1, -0.05) is 63.6 Å². The smallest absolute Gasteiger partial charge is 0.255 e. The van der Waals surface area contributed by atoms with Gasteiger partial charge in [-0.15, -0.1) is 0 Å². The number of nitrogens with zero attached hydrogens (tertiary/aromatic N) is 2. The Bertz CT molecular complexity index is 1250. The van der Waals surface area contributed by atoms with E-state index < -0.39 is 0 Å². The SMILES string of the molecule is CCCCc1ccc(C(=O)Nc2ccc(N3CCc4ccccc4C3)c(C(=O)NCCN(CC)CC)c2)cc1. The molecule has 1 aliphatic rings. The minimum atomic E-state index is -0.176. The van der Waals surface area contributed by atoms with E-state index in [-0.39, 0.29) is 11.8 Å². The molecule has 39 heavy (non-hydrogen) atoms. The van der Waals surface area contributed by atoms with Crippen molar-refractivity contribution >= 4 is 23.2 Å². The lowest BCUT2D eigenvalue weighted by Crippen LogP contribution is -2.36. The number of amides is 2. The van der Waals surface area contributed by atoms with Gasteiger partial charge in [0.25, 0.3) is 11.8 Å². The van der Waals surface area contributed by atoms with Crippen LogP contribution in [0.4, 0.5) is 11.4 Å². The van der Waals surface area contributed by atoms with Crippen LogP contribution in [-0.4, -0.2) is 49.4 Å². The number of carbonyl (C=O) groups is 2. The van der Waals surface area contributed by atoms with Crippen LogP contribution in [0.2, 0.25) is 0 Å². The van der Waals surface area contributed by atoms with Crippen molar-refractivity contribution in [1.29, 1.82) is 0 Å². The highest BCUT2D eigenvalue weighted by molar-refractivity contribution is 6.06. The predicted molar refractivity (Wildman–Crippen MR) is 161 cm³/mol. The summed E-state index contributed by atoms with van der Waals surface area (Å²) < 4.78 is 0. The Labute approximate surface area is 233 Å². The van der Waals surface area contributed by atoms with Gasteiger partial charge < -0.3 is 20.4 Å². The fourth-order valence-electron chi connectivity index (χ4n) is 5.14. The molecule has 0 aromatic heterocycles. The number of hydrogen-bond acceptors (Lipinski definition) is 4. The van der Waals surface area contributed by atoms with Crippen molar-refractivity contribution in [3.63, 3.8) is 0 Å². The standard InChI is InChI=1S/C33H42N4O2/c1-4-7-10-25-13-15-27(16-14-25)32(38)35-29-17-18-31(37-21-19-26-11-8-9-12-28(26)24-37)30(23-29)33(39)34-20-22-36(5-2)6-3/h8-9,11-18,23H,4-7,10,19-22,24H2,1-3H3,(H,34,39)(H,35,38). The van der Waals surface area contributed by atoms with Gasteiger partial charge in [-0.05, 0) is 79.4 Å². The molecule has 1 aliphatic heterocycles. The molecule has 0 unspecified atom stereocenters. The average molecular weight is 527 g/mol. The highest BCUT2D eigenvalue weighted by Gasteiger charge is 2.22. The Kier molecular flexibility index (Phi) is 10.1. The first-order chi connectivity index (χ1) is 19.0. The van der Waals surface area contributed by atoms with Crippen molar-refractivity contribution in [1.82, 2.24) is 10.2 Å². The highest BCUT2D eigenvalue weighted by Crippen LogP contribution is 2.30. The van der Waals surface area contributed by atoms with Gasteiger partial charge >= 0.3 is 0 Å². The van der Waals surface area contributed by atoms with E-state index in [9.17, 15) is 9.59 Å². The Morgan fingerprint density at radius 3 is 2.36 bits per heavy atom. The topological polar surface area (TPSA) is 64.7 Å². The molecule has 6 nitrogen and oxygen atoms in total. The van der Waals surface area contributed by atoms with Crippen molar-refractivity contribution in [3.05, 3.63) is 94.5 Å². The molecule has 3 aromatic rings. The monoisotopic (exact) mass is 526 g/mol. The lowest BCUT2D eigenvalue weighted by Gasteiger charge is -2.32. The summed E-state index contributed by atoms with van der Waals surface area (Å²) in [6.07, 6.45) is 4.24. The van der Waals surface area contributed by atoms with E-state index in [0.29, 0.717) is 23.4 Å². The van der Waals surface area contributed by atoms with E-state index in [1.807, 2.05) is 42.5 Å². The minimum absolute atomic E-state index is 0.118. The first-order valence-electron chi connectivity index (χ1n) is 14.4. The second kappa shape index (κ2) is 13.9. The van der Waals surface area contributed by atoms with Crippen LogP contribution in [-0.2, 0) is 19.4 Å². The maximum atomic E-state index is 13.5. The molecule has 0 spiro atoms. The van der Waals surface area contributed by atoms with Gasteiger partial charge in [0.15, 0.2) is 0 Å². The Balaban J connectivity index is 1.53. The van der Waals surface area contributed by atoms with Crippen molar-refractivity contribution in [2.75, 3.05) is 42.9 Å². The summed E-state index contributed by atoms with van der Waals surface area (Å²) in [7, 11) is 0. The van der Waals surface area contributed by atoms with Crippen molar-refractivity contribution in [2.45, 2.75) is 53.0 Å². The summed E-state index contributed by atoms with van der Waals surface area (Å²) in [4.78, 5) is 31.1. The number of benzene rings is 3. The van der Waals surface area contributed by atoms with Gasteiger partial charge in [0.1, 0.15) is 0 Å². The molecule has 2 amide bonds. The average Bonchev–Trinajstić information content (AvgIpc) is 2.98. The normalized spacial score (nSPS) is 12.8. The minimum Gasteiger partial charge on any atom is -0.366 e. The molecule has 0 radical (unpaired) electrons. The number of anilines is 2. The summed E-state index contributed by atoms with van der Waals surface area (Å²) >= 11 is 0. The van der Waals surface area contributed by atoms with Crippen LogP contribution >= 0.6 is 0 Å². The second-order valence-electron chi connectivity index (χ2n) is 10.2. The van der Waals surface area contributed by atoms with E-state index >= 15 is 0 Å². The van der Waals surface area contributed by atoms with Crippen molar-refractivity contribution in [2.24, 2.45) is 0 Å². The summed E-state index contributed by atoms with van der Waals surface area (Å²) in [6, 6.07) is 22.0. The third kappa shape index (κ3) is 7.48. The maximum Gasteiger partial charge on any atom is 0.255 e. The number of nitrogens with one attached hydrogen (secondary N) is 2. The Morgan fingerprint density at radius 1 is 0.897 bits per heavy atom. The van der Waals surface area contributed by atoms with Gasteiger partial charge in [0.2, 0.25) is 0 Å². The highest BCUT2D eigenvalue weighted by atomic mass is 16.2. The zero-order chi connectivity index (χ0) is 27.6. The van der Waals surface area contributed by atoms with Crippen LogP contribution < -0.4 is 15.5 Å². The van der Waals surface area contributed by atoms with Crippen LogP contribution in [0.5, 0.6) is 0 Å². The molecule has 3 aromatic carbocycles. The van der Waals surface area contributed by atoms with Gasteiger partial charge in [-0.2, -0.15) is 0 Å². The van der Waals surface area contributed by atoms with Gasteiger partial charge in [0, 0.05) is 43.1 Å². The number of unbranched alkanes of at least 4 members (excludes halogenated alkanes) is 1. The lowest BCUT2D eigenvalue weighted by molar-refractivity contribution is 0.0948. The number of likely N-dealkylation sites (N-methyl/N-ethyl adjacent to an activating group) is 1. The summed E-state index contributed by atoms with van der Waals surface area (Å²) in [6.45, 7) is 11.3. The number of rotatable bonds is 12. The largest absolute Gasteiger partial charge is 0.366 e. The van der Waals surface area contributed by atoms with Crippen LogP contribution in [0.3, 0.4) is 0 Å². The molecule has 6 heteroatoms. The number of aryl methyl sites for hydroxylation is 1. The van der Waals surface area contributed by atoms with Gasteiger partial charge in [0.05, 0.1) is 5.56 Å². The van der Waals surface area contributed by atoms with Crippen LogP contribution in [0, 0.1) is 0 Å². The van der Waals surface area contributed by atoms with E-state index in [0.717, 1.165) is 64.1 Å². The molecule has 1 heterocycles. The summed E-state index contributed by atoms with van der Waals surface area (Å²) in [5.41, 5.74) is 6.59. The van der Waals surface area contributed by atoms with Gasteiger partial charge in [-0.25, -0.2) is 0 Å². The molecular weight excluding hydrogens is 484 g/mol. The van der Waals surface area contributed by atoms with Crippen LogP contribution in [0.25, 0.3) is 0 Å². The molecule has 0 saturated carbocycles. The third-order valence-corrected chi connectivity index (χ3v) is 7.61. The summed E-state index contributed by atoms with van der Waals surface area (Å²) in [5, 5.41) is 6.12. The van der Waals surface area contributed by atoms with Crippen LogP contribution in [0.1, 0.15) is 71.0 Å². The zero-order valence-corrected chi connectivity index (χ0v) is 23.6. The molecule has 0 saturated heterocycles. The molecule has 0 aliphatic carbocycles. The van der Waals surface area contributed by atoms with E-state index in [4.69, 9.17) is 0 Å². The maximum absolute atomic E-state index is 13.5. The molecular formula is C33H42N4O2. The molecule has 4 rings (SSSR count). The number of fused-ring (bicyclic) bond motifs is 1. The quantitative estimate of drug-likeness (QED) is 0.308. The zero-order valence-electron chi connectivity index (χ0n) is 23.6. The van der Waals surface area contributed by atoms with E-state index in [2.05, 4.69) is 65.5 Å². The summed E-state index contributed by atoms with van der Waals surface area (Å²) in [5.74, 6) is -0.294. The third-order valence-electron chi connectivity index (χ3n) is 7.61. The number of carbonyl (C=O) groups excluding carboxylic acids is 2. The van der Waals surface area contributed by atoms with Crippen molar-refractivity contribution in [3.8, 4) is 0 Å². The molecule has 206 valence electrons. The van der Waals surface area contributed by atoms with E-state index in [1.165, 1.54) is 16.7 Å². The number of hydrogen-bond donors (Lipinski definition) is 2. The van der Waals surface area contributed by atoms with E-state index in [1.54, 1.807) is 0 Å². The Hall–Kier alpha value is -3.64. The molecule has 0 atom stereocenters. The second-order valence-corrected chi connectivity index (χ2v) is 10.2. The van der Waals surface area contributed by atoms with Crippen LogP contribution in [0.15, 0.2) is 66.7 Å². The first-order valence-corrected chi connectivity index (χ1v) is 14.4. The molecule has 2 N–H and O–H groups in total. The lowest BCUT2D eigenvalue weighted by atomic mass is 9.98. The predicted octanol–water partition coefficient (Wildman–Crippen LogP) is 5.92. The Morgan fingerprint density at radius 2 is 1.64 bits per heavy atom. The van der Waals surface area contributed by atoms with Crippen molar-refractivity contribution < 1.29 is 9.59 Å². The molecule has 0 fully saturated rings. The first kappa shape index (κ1) is 28.4. The van der Waals surface area contributed by atoms with Gasteiger partial charge in [-0.3, -0.25) is 9.59 Å². The fourth-order valence-corrected chi connectivity index (χ4v) is 5.14. The fraction of sp³-hybridized carbons (Fsp3) is 0.394. The molecule has 0 bridgehead atoms.